The van der Waals surface area contributed by atoms with Crippen molar-refractivity contribution in [3.05, 3.63) is 231 Å². The fraction of sp³-hybridized carbons (Fsp3) is 0. The summed E-state index contributed by atoms with van der Waals surface area (Å²) in [5.74, 6) is 0.671. The Balaban J connectivity index is 1.10. The third-order valence-corrected chi connectivity index (χ3v) is 12.1. The zero-order valence-corrected chi connectivity index (χ0v) is 33.7. The second-order valence-corrected chi connectivity index (χ2v) is 15.8. The van der Waals surface area contributed by atoms with E-state index in [1.807, 2.05) is 0 Å². The van der Waals surface area contributed by atoms with Crippen LogP contribution in [0.3, 0.4) is 0 Å². The van der Waals surface area contributed by atoms with Crippen LogP contribution in [0.1, 0.15) is 0 Å². The fourth-order valence-electron chi connectivity index (χ4n) is 9.31. The first-order chi connectivity index (χ1) is 30.8. The van der Waals surface area contributed by atoms with Crippen LogP contribution in [0.2, 0.25) is 0 Å². The molecule has 0 aliphatic heterocycles. The first-order valence-corrected chi connectivity index (χ1v) is 21.1. The molecule has 4 heteroatoms. The van der Waals surface area contributed by atoms with Gasteiger partial charge in [0.05, 0.1) is 27.6 Å². The van der Waals surface area contributed by atoms with Gasteiger partial charge in [0.2, 0.25) is 0 Å². The molecule has 4 nitrogen and oxygen atoms in total. The monoisotopic (exact) mass is 790 g/mol. The summed E-state index contributed by atoms with van der Waals surface area (Å²) >= 11 is 0. The maximum Gasteiger partial charge on any atom is 0.162 e. The zero-order valence-electron chi connectivity index (χ0n) is 33.7. The average Bonchev–Trinajstić information content (AvgIpc) is 3.87. The topological polar surface area (TPSA) is 35.6 Å². The molecule has 0 spiro atoms. The predicted octanol–water partition coefficient (Wildman–Crippen LogP) is 15.0. The number of para-hydroxylation sites is 3. The Morgan fingerprint density at radius 2 is 0.806 bits per heavy atom. The lowest BCUT2D eigenvalue weighted by Gasteiger charge is -2.12. The van der Waals surface area contributed by atoms with E-state index < -0.39 is 0 Å². The third kappa shape index (κ3) is 5.92. The van der Waals surface area contributed by atoms with E-state index in [1.54, 1.807) is 0 Å². The van der Waals surface area contributed by atoms with Crippen molar-refractivity contribution in [3.63, 3.8) is 0 Å². The molecule has 0 saturated carbocycles. The summed E-state index contributed by atoms with van der Waals surface area (Å²) < 4.78 is 4.68. The molecule has 62 heavy (non-hydrogen) atoms. The highest BCUT2D eigenvalue weighted by Gasteiger charge is 2.22. The molecule has 3 heterocycles. The number of nitrogens with zero attached hydrogens (tertiary/aromatic N) is 4. The van der Waals surface area contributed by atoms with Crippen LogP contribution in [0.4, 0.5) is 0 Å². The first-order valence-electron chi connectivity index (χ1n) is 21.1. The molecule has 0 fully saturated rings. The lowest BCUT2D eigenvalue weighted by Crippen LogP contribution is -1.99. The van der Waals surface area contributed by atoms with E-state index in [2.05, 4.69) is 240 Å². The van der Waals surface area contributed by atoms with Crippen LogP contribution in [-0.4, -0.2) is 19.1 Å². The minimum atomic E-state index is 0.671. The van der Waals surface area contributed by atoms with Crippen molar-refractivity contribution in [3.8, 4) is 67.4 Å². The fourth-order valence-corrected chi connectivity index (χ4v) is 9.31. The van der Waals surface area contributed by atoms with Gasteiger partial charge in [0, 0.05) is 38.7 Å². The number of aromatic nitrogens is 4. The highest BCUT2D eigenvalue weighted by atomic mass is 15.1. The number of fused-ring (bicyclic) bond motifs is 6. The standard InChI is InChI=1S/C58H38N4/c1-5-18-39(19-6-1)41-22-15-24-44(36-41)56-55-49-30-13-14-32-51(49)62(47-28-11-4-12-29-47)58(55)60-57(59-56)45-25-16-23-43(37-45)48-31-17-33-53-54(48)50-38-42(40-20-7-2-8-21-40)34-35-52(50)61(53)46-26-9-3-10-27-46/h1-38H. The van der Waals surface area contributed by atoms with Gasteiger partial charge in [-0.2, -0.15) is 0 Å². The van der Waals surface area contributed by atoms with E-state index in [1.165, 1.54) is 27.4 Å². The number of hydrogen-bond acceptors (Lipinski definition) is 2. The van der Waals surface area contributed by atoms with Crippen LogP contribution in [0, 0.1) is 0 Å². The molecule has 0 N–H and O–H groups in total. The molecule has 0 radical (unpaired) electrons. The van der Waals surface area contributed by atoms with Gasteiger partial charge in [-0.25, -0.2) is 9.97 Å². The Labute approximate surface area is 359 Å². The van der Waals surface area contributed by atoms with Crippen LogP contribution < -0.4 is 0 Å². The molecule has 0 amide bonds. The molecule has 0 atom stereocenters. The number of hydrogen-bond donors (Lipinski definition) is 0. The van der Waals surface area contributed by atoms with Crippen molar-refractivity contribution >= 4 is 43.7 Å². The molecular formula is C58H38N4. The van der Waals surface area contributed by atoms with Gasteiger partial charge in [-0.1, -0.05) is 170 Å². The largest absolute Gasteiger partial charge is 0.309 e. The quantitative estimate of drug-likeness (QED) is 0.161. The van der Waals surface area contributed by atoms with Crippen LogP contribution >= 0.6 is 0 Å². The van der Waals surface area contributed by atoms with Crippen LogP contribution in [0.15, 0.2) is 231 Å². The summed E-state index contributed by atoms with van der Waals surface area (Å²) in [6.45, 7) is 0. The second-order valence-electron chi connectivity index (χ2n) is 15.8. The Morgan fingerprint density at radius 1 is 0.290 bits per heavy atom. The van der Waals surface area contributed by atoms with Gasteiger partial charge in [0.15, 0.2) is 5.82 Å². The van der Waals surface area contributed by atoms with E-state index in [9.17, 15) is 0 Å². The normalized spacial score (nSPS) is 11.5. The molecule has 0 saturated heterocycles. The molecule has 290 valence electrons. The van der Waals surface area contributed by atoms with E-state index in [4.69, 9.17) is 9.97 Å². The molecule has 12 rings (SSSR count). The van der Waals surface area contributed by atoms with Crippen molar-refractivity contribution < 1.29 is 0 Å². The highest BCUT2D eigenvalue weighted by molar-refractivity contribution is 6.17. The molecule has 0 bridgehead atoms. The molecule has 0 unspecified atom stereocenters. The zero-order chi connectivity index (χ0) is 41.0. The summed E-state index contributed by atoms with van der Waals surface area (Å²) in [7, 11) is 0. The van der Waals surface area contributed by atoms with Crippen LogP contribution in [0.25, 0.3) is 111 Å². The lowest BCUT2D eigenvalue weighted by molar-refractivity contribution is 1.11. The van der Waals surface area contributed by atoms with E-state index in [-0.39, 0.29) is 0 Å². The Kier molecular flexibility index (Phi) is 8.46. The first kappa shape index (κ1) is 35.6. The van der Waals surface area contributed by atoms with Crippen molar-refractivity contribution in [2.24, 2.45) is 0 Å². The van der Waals surface area contributed by atoms with Gasteiger partial charge in [-0.15, -0.1) is 0 Å². The molecule has 0 aliphatic carbocycles. The molecule has 9 aromatic carbocycles. The SMILES string of the molecule is c1ccc(-c2cccc(-c3nc(-c4cccc(-c5cccc6c5c5cc(-c7ccccc7)ccc5n6-c5ccccc5)c4)nc4c3c3ccccc3n4-c3ccccc3)c2)cc1. The van der Waals surface area contributed by atoms with Crippen molar-refractivity contribution in [2.45, 2.75) is 0 Å². The van der Waals surface area contributed by atoms with Gasteiger partial charge >= 0.3 is 0 Å². The van der Waals surface area contributed by atoms with Gasteiger partial charge in [0.1, 0.15) is 5.65 Å². The van der Waals surface area contributed by atoms with Crippen molar-refractivity contribution in [2.75, 3.05) is 0 Å². The maximum atomic E-state index is 5.54. The smallest absolute Gasteiger partial charge is 0.162 e. The Hall–Kier alpha value is -8.34. The Morgan fingerprint density at radius 3 is 1.53 bits per heavy atom. The molecule has 0 aliphatic rings. The third-order valence-electron chi connectivity index (χ3n) is 12.1. The second kappa shape index (κ2) is 14.7. The minimum Gasteiger partial charge on any atom is -0.309 e. The van der Waals surface area contributed by atoms with Crippen molar-refractivity contribution in [1.82, 2.24) is 19.1 Å². The van der Waals surface area contributed by atoms with E-state index in [0.717, 1.165) is 77.9 Å². The molecular weight excluding hydrogens is 753 g/mol. The van der Waals surface area contributed by atoms with Gasteiger partial charge in [0.25, 0.3) is 0 Å². The average molecular weight is 791 g/mol. The minimum absolute atomic E-state index is 0.671. The highest BCUT2D eigenvalue weighted by Crippen LogP contribution is 2.42. The summed E-state index contributed by atoms with van der Waals surface area (Å²) in [6.07, 6.45) is 0. The van der Waals surface area contributed by atoms with Crippen molar-refractivity contribution in [1.29, 1.82) is 0 Å². The molecule has 3 aromatic heterocycles. The summed E-state index contributed by atoms with van der Waals surface area (Å²) in [5.41, 5.74) is 16.3. The van der Waals surface area contributed by atoms with Crippen LogP contribution in [-0.2, 0) is 0 Å². The van der Waals surface area contributed by atoms with E-state index >= 15 is 0 Å². The Bertz CT molecular complexity index is 3610. The number of benzene rings is 9. The van der Waals surface area contributed by atoms with Crippen LogP contribution in [0.5, 0.6) is 0 Å². The van der Waals surface area contributed by atoms with Gasteiger partial charge in [-0.05, 0) is 94.0 Å². The maximum absolute atomic E-state index is 5.54. The number of rotatable bonds is 7. The van der Waals surface area contributed by atoms with E-state index in [0.29, 0.717) is 5.82 Å². The lowest BCUT2D eigenvalue weighted by atomic mass is 9.96. The predicted molar refractivity (Wildman–Crippen MR) is 258 cm³/mol. The molecule has 12 aromatic rings. The van der Waals surface area contributed by atoms with Gasteiger partial charge in [-0.3, -0.25) is 4.57 Å². The van der Waals surface area contributed by atoms with Gasteiger partial charge < -0.3 is 4.57 Å². The summed E-state index contributed by atoms with van der Waals surface area (Å²) in [6, 6.07) is 82.1. The summed E-state index contributed by atoms with van der Waals surface area (Å²) in [4.78, 5) is 11.1. The summed E-state index contributed by atoms with van der Waals surface area (Å²) in [5, 5.41) is 4.56.